The summed E-state index contributed by atoms with van der Waals surface area (Å²) < 4.78 is 11.9. The third-order valence-corrected chi connectivity index (χ3v) is 6.01. The number of aryl methyl sites for hydroxylation is 1. The molecular weight excluding hydrogens is 489 g/mol. The van der Waals surface area contributed by atoms with Gasteiger partial charge in [0, 0.05) is 33.3 Å². The normalized spacial score (nSPS) is 20.6. The molecule has 1 aromatic carbocycles. The van der Waals surface area contributed by atoms with Gasteiger partial charge in [0.1, 0.15) is 0 Å². The highest BCUT2D eigenvalue weighted by Crippen LogP contribution is 2.18. The van der Waals surface area contributed by atoms with Crippen molar-refractivity contribution in [2.45, 2.75) is 70.0 Å². The Morgan fingerprint density at radius 1 is 1.10 bits per heavy atom. The molecule has 30 heavy (non-hydrogen) atoms. The van der Waals surface area contributed by atoms with Gasteiger partial charge in [-0.2, -0.15) is 0 Å². The van der Waals surface area contributed by atoms with Crippen LogP contribution in [0.2, 0.25) is 0 Å². The predicted octanol–water partition coefficient (Wildman–Crippen LogP) is 4.64. The summed E-state index contributed by atoms with van der Waals surface area (Å²) in [4.78, 5) is 6.87. The summed E-state index contributed by atoms with van der Waals surface area (Å²) in [6, 6.07) is 10.8. The molecule has 0 spiro atoms. The minimum absolute atomic E-state index is 0. The number of aliphatic imine (C=N–C) groups is 1. The molecular formula is C24H40IN3O2. The van der Waals surface area contributed by atoms with Gasteiger partial charge in [-0.25, -0.2) is 0 Å². The second kappa shape index (κ2) is 15.0. The molecule has 0 aliphatic carbocycles. The molecule has 170 valence electrons. The van der Waals surface area contributed by atoms with E-state index in [0.717, 1.165) is 58.1 Å². The second-order valence-corrected chi connectivity index (χ2v) is 8.28. The van der Waals surface area contributed by atoms with Crippen LogP contribution in [-0.4, -0.2) is 63.0 Å². The SMILES string of the molecule is CN=C(NCCCCCc1ccccc1)N1CCC(OCC2CCCCO2)CC1.I. The summed E-state index contributed by atoms with van der Waals surface area (Å²) in [6.07, 6.45) is 11.3. The molecule has 1 aromatic rings. The highest BCUT2D eigenvalue weighted by molar-refractivity contribution is 14.0. The van der Waals surface area contributed by atoms with Crippen molar-refractivity contribution in [1.29, 1.82) is 0 Å². The Morgan fingerprint density at radius 3 is 2.60 bits per heavy atom. The van der Waals surface area contributed by atoms with E-state index in [-0.39, 0.29) is 24.0 Å². The molecule has 3 rings (SSSR count). The van der Waals surface area contributed by atoms with Crippen LogP contribution in [0.4, 0.5) is 0 Å². The largest absolute Gasteiger partial charge is 0.376 e. The maximum atomic E-state index is 6.13. The quantitative estimate of drug-likeness (QED) is 0.219. The molecule has 6 heteroatoms. The van der Waals surface area contributed by atoms with Crippen molar-refractivity contribution in [3.63, 3.8) is 0 Å². The van der Waals surface area contributed by atoms with Gasteiger partial charge in [0.15, 0.2) is 5.96 Å². The van der Waals surface area contributed by atoms with E-state index < -0.39 is 0 Å². The fourth-order valence-electron chi connectivity index (χ4n) is 4.22. The van der Waals surface area contributed by atoms with Gasteiger partial charge >= 0.3 is 0 Å². The molecule has 1 unspecified atom stereocenters. The lowest BCUT2D eigenvalue weighted by molar-refractivity contribution is -0.0721. The van der Waals surface area contributed by atoms with Gasteiger partial charge in [0.2, 0.25) is 0 Å². The van der Waals surface area contributed by atoms with Gasteiger partial charge in [-0.05, 0) is 56.9 Å². The van der Waals surface area contributed by atoms with Gasteiger partial charge in [0.25, 0.3) is 0 Å². The van der Waals surface area contributed by atoms with E-state index in [9.17, 15) is 0 Å². The zero-order valence-corrected chi connectivity index (χ0v) is 20.9. The maximum Gasteiger partial charge on any atom is 0.193 e. The van der Waals surface area contributed by atoms with Gasteiger partial charge in [-0.1, -0.05) is 36.8 Å². The molecule has 5 nitrogen and oxygen atoms in total. The van der Waals surface area contributed by atoms with Crippen molar-refractivity contribution in [3.8, 4) is 0 Å². The summed E-state index contributed by atoms with van der Waals surface area (Å²) in [5.41, 5.74) is 1.44. The van der Waals surface area contributed by atoms with Crippen molar-refractivity contribution in [1.82, 2.24) is 10.2 Å². The van der Waals surface area contributed by atoms with Crippen LogP contribution in [0, 0.1) is 0 Å². The Labute approximate surface area is 200 Å². The molecule has 2 fully saturated rings. The first-order chi connectivity index (χ1) is 14.3. The smallest absolute Gasteiger partial charge is 0.193 e. The van der Waals surface area contributed by atoms with E-state index in [1.54, 1.807) is 0 Å². The topological polar surface area (TPSA) is 46.1 Å². The number of nitrogens with zero attached hydrogens (tertiary/aromatic N) is 2. The minimum atomic E-state index is 0. The number of hydrogen-bond donors (Lipinski definition) is 1. The van der Waals surface area contributed by atoms with Gasteiger partial charge < -0.3 is 19.7 Å². The van der Waals surface area contributed by atoms with E-state index in [0.29, 0.717) is 12.2 Å². The van der Waals surface area contributed by atoms with Crippen LogP contribution in [-0.2, 0) is 15.9 Å². The lowest BCUT2D eigenvalue weighted by Gasteiger charge is -2.35. The number of unbranched alkanes of at least 4 members (excludes halogenated alkanes) is 2. The number of piperidine rings is 1. The number of nitrogens with one attached hydrogen (secondary N) is 1. The number of benzene rings is 1. The molecule has 1 atom stereocenters. The van der Waals surface area contributed by atoms with E-state index in [1.165, 1.54) is 44.1 Å². The predicted molar refractivity (Wildman–Crippen MR) is 135 cm³/mol. The van der Waals surface area contributed by atoms with Crippen LogP contribution in [0.1, 0.15) is 56.9 Å². The van der Waals surface area contributed by atoms with E-state index in [4.69, 9.17) is 9.47 Å². The third-order valence-electron chi connectivity index (χ3n) is 6.01. The summed E-state index contributed by atoms with van der Waals surface area (Å²) in [5.74, 6) is 1.04. The summed E-state index contributed by atoms with van der Waals surface area (Å²) in [7, 11) is 1.89. The summed E-state index contributed by atoms with van der Waals surface area (Å²) in [6.45, 7) is 4.70. The first-order valence-electron chi connectivity index (χ1n) is 11.6. The van der Waals surface area contributed by atoms with Crippen molar-refractivity contribution in [3.05, 3.63) is 35.9 Å². The molecule has 0 aromatic heterocycles. The number of ether oxygens (including phenoxy) is 2. The molecule has 2 saturated heterocycles. The fourth-order valence-corrected chi connectivity index (χ4v) is 4.22. The first-order valence-corrected chi connectivity index (χ1v) is 11.6. The van der Waals surface area contributed by atoms with E-state index in [1.807, 2.05) is 7.05 Å². The zero-order valence-electron chi connectivity index (χ0n) is 18.6. The second-order valence-electron chi connectivity index (χ2n) is 8.28. The Morgan fingerprint density at radius 2 is 1.90 bits per heavy atom. The number of hydrogen-bond acceptors (Lipinski definition) is 3. The van der Waals surface area contributed by atoms with Gasteiger partial charge in [0.05, 0.1) is 18.8 Å². The van der Waals surface area contributed by atoms with Crippen LogP contribution < -0.4 is 5.32 Å². The number of halogens is 1. The lowest BCUT2D eigenvalue weighted by atomic mass is 10.1. The van der Waals surface area contributed by atoms with Crippen LogP contribution in [0.15, 0.2) is 35.3 Å². The number of likely N-dealkylation sites (tertiary alicyclic amines) is 1. The molecule has 1 N–H and O–H groups in total. The van der Waals surface area contributed by atoms with E-state index >= 15 is 0 Å². The average molecular weight is 530 g/mol. The molecule has 0 saturated carbocycles. The monoisotopic (exact) mass is 529 g/mol. The average Bonchev–Trinajstić information content (AvgIpc) is 2.79. The molecule has 2 aliphatic rings. The third kappa shape index (κ3) is 9.10. The highest BCUT2D eigenvalue weighted by atomic mass is 127. The highest BCUT2D eigenvalue weighted by Gasteiger charge is 2.23. The number of guanidine groups is 1. The number of rotatable bonds is 9. The Kier molecular flexibility index (Phi) is 12.7. The fraction of sp³-hybridized carbons (Fsp3) is 0.708. The molecule has 0 radical (unpaired) electrons. The Hall–Kier alpha value is -0.860. The minimum Gasteiger partial charge on any atom is -0.376 e. The standard InChI is InChI=1S/C24H39N3O2.HI/c1-25-24(26-16-8-3-6-12-21-10-4-2-5-11-21)27-17-14-22(15-18-27)29-20-23-13-7-9-19-28-23;/h2,4-5,10-11,22-23H,3,6-9,12-20H2,1H3,(H,25,26);1H. The Bertz CT molecular complexity index is 585. The summed E-state index contributed by atoms with van der Waals surface area (Å²) >= 11 is 0. The van der Waals surface area contributed by atoms with Gasteiger partial charge in [-0.15, -0.1) is 24.0 Å². The lowest BCUT2D eigenvalue weighted by Crippen LogP contribution is -2.47. The molecule has 2 aliphatic heterocycles. The molecule has 0 bridgehead atoms. The zero-order chi connectivity index (χ0) is 20.2. The molecule has 0 amide bonds. The van der Waals surface area contributed by atoms with Crippen molar-refractivity contribution in [2.75, 3.05) is 39.9 Å². The van der Waals surface area contributed by atoms with Crippen LogP contribution in [0.25, 0.3) is 0 Å². The van der Waals surface area contributed by atoms with Crippen molar-refractivity contribution >= 4 is 29.9 Å². The van der Waals surface area contributed by atoms with Crippen LogP contribution in [0.3, 0.4) is 0 Å². The van der Waals surface area contributed by atoms with E-state index in [2.05, 4.69) is 45.5 Å². The molecule has 2 heterocycles. The van der Waals surface area contributed by atoms with Crippen molar-refractivity contribution in [2.24, 2.45) is 4.99 Å². The van der Waals surface area contributed by atoms with Crippen molar-refractivity contribution < 1.29 is 9.47 Å². The summed E-state index contributed by atoms with van der Waals surface area (Å²) in [5, 5.41) is 3.55. The Balaban J connectivity index is 0.00000320. The first kappa shape index (κ1) is 25.4. The van der Waals surface area contributed by atoms with Gasteiger partial charge in [-0.3, -0.25) is 4.99 Å². The van der Waals surface area contributed by atoms with Crippen LogP contribution in [0.5, 0.6) is 0 Å². The van der Waals surface area contributed by atoms with Crippen LogP contribution >= 0.6 is 24.0 Å². The maximum absolute atomic E-state index is 6.13.